The zero-order valence-corrected chi connectivity index (χ0v) is 12.8. The zero-order valence-electron chi connectivity index (χ0n) is 9.63. The summed E-state index contributed by atoms with van der Waals surface area (Å²) >= 11 is 11.2. The Kier molecular flexibility index (Phi) is 4.26. The first-order valence-corrected chi connectivity index (χ1v) is 7.29. The first-order valence-electron chi connectivity index (χ1n) is 5.30. The minimum atomic E-state index is 0.208. The van der Waals surface area contributed by atoms with Gasteiger partial charge in [0.05, 0.1) is 10.4 Å². The molecule has 0 spiro atoms. The van der Waals surface area contributed by atoms with E-state index in [2.05, 4.69) is 51.6 Å². The lowest BCUT2D eigenvalue weighted by Crippen LogP contribution is -2.16. The number of rotatable bonds is 3. The first-order chi connectivity index (χ1) is 8.11. The Morgan fingerprint density at radius 3 is 2.41 bits per heavy atom. The third kappa shape index (κ3) is 2.91. The van der Waals surface area contributed by atoms with E-state index in [1.54, 1.807) is 11.3 Å². The van der Waals surface area contributed by atoms with Crippen LogP contribution in [0.2, 0.25) is 4.34 Å². The van der Waals surface area contributed by atoms with Crippen LogP contribution in [0.15, 0.2) is 34.8 Å². The summed E-state index contributed by atoms with van der Waals surface area (Å²) in [5.41, 5.74) is 2.39. The molecule has 2 aromatic rings. The summed E-state index contributed by atoms with van der Waals surface area (Å²) in [6.45, 7) is 2.04. The van der Waals surface area contributed by atoms with Crippen molar-refractivity contribution in [3.8, 4) is 0 Å². The maximum absolute atomic E-state index is 6.13. The minimum absolute atomic E-state index is 0.208. The highest BCUT2D eigenvalue weighted by Crippen LogP contribution is 2.34. The predicted molar refractivity (Wildman–Crippen MR) is 79.1 cm³/mol. The molecule has 17 heavy (non-hydrogen) atoms. The number of aryl methyl sites for hydroxylation is 1. The zero-order chi connectivity index (χ0) is 12.4. The molecule has 2 rings (SSSR count). The molecule has 1 aromatic carbocycles. The van der Waals surface area contributed by atoms with Crippen molar-refractivity contribution in [2.45, 2.75) is 13.0 Å². The van der Waals surface area contributed by atoms with Crippen molar-refractivity contribution in [3.63, 3.8) is 0 Å². The van der Waals surface area contributed by atoms with Crippen LogP contribution >= 0.6 is 38.9 Å². The van der Waals surface area contributed by atoms with Crippen molar-refractivity contribution >= 4 is 38.9 Å². The molecular formula is C13H13BrClNS. The molecule has 4 heteroatoms. The van der Waals surface area contributed by atoms with Crippen molar-refractivity contribution in [2.75, 3.05) is 7.05 Å². The smallest absolute Gasteiger partial charge is 0.0961 e. The SMILES string of the molecule is CNC(c1ccc(Br)cc1)c1cc(C)c(Cl)s1. The highest BCUT2D eigenvalue weighted by Gasteiger charge is 2.15. The molecule has 0 amide bonds. The number of halogens is 2. The monoisotopic (exact) mass is 329 g/mol. The average Bonchev–Trinajstić information content (AvgIpc) is 2.63. The number of hydrogen-bond donors (Lipinski definition) is 1. The highest BCUT2D eigenvalue weighted by atomic mass is 79.9. The van der Waals surface area contributed by atoms with Gasteiger partial charge in [0.2, 0.25) is 0 Å². The second-order valence-corrected chi connectivity index (χ2v) is 6.48. The molecule has 0 aliphatic carbocycles. The second-order valence-electron chi connectivity index (χ2n) is 3.88. The van der Waals surface area contributed by atoms with Gasteiger partial charge in [-0.15, -0.1) is 11.3 Å². The third-order valence-corrected chi connectivity index (χ3v) is 4.80. The summed E-state index contributed by atoms with van der Waals surface area (Å²) in [5, 5.41) is 3.33. The predicted octanol–water partition coefficient (Wildman–Crippen LogP) is 4.78. The maximum atomic E-state index is 6.13. The highest BCUT2D eigenvalue weighted by molar-refractivity contribution is 9.10. The molecule has 0 fully saturated rings. The van der Waals surface area contributed by atoms with E-state index in [1.165, 1.54) is 10.4 Å². The summed E-state index contributed by atoms with van der Waals surface area (Å²) in [6, 6.07) is 10.7. The third-order valence-electron chi connectivity index (χ3n) is 2.65. The number of hydrogen-bond acceptors (Lipinski definition) is 2. The van der Waals surface area contributed by atoms with Gasteiger partial charge in [0, 0.05) is 9.35 Å². The molecule has 1 atom stereocenters. The Morgan fingerprint density at radius 1 is 1.29 bits per heavy atom. The topological polar surface area (TPSA) is 12.0 Å². The van der Waals surface area contributed by atoms with Crippen LogP contribution in [0.3, 0.4) is 0 Å². The Morgan fingerprint density at radius 2 is 1.94 bits per heavy atom. The molecule has 0 aliphatic heterocycles. The van der Waals surface area contributed by atoms with E-state index in [1.807, 2.05) is 14.0 Å². The standard InChI is InChI=1S/C13H13BrClNS/c1-8-7-11(17-13(8)15)12(16-2)9-3-5-10(14)6-4-9/h3-7,12,16H,1-2H3. The van der Waals surface area contributed by atoms with Gasteiger partial charge in [-0.1, -0.05) is 39.7 Å². The summed E-state index contributed by atoms with van der Waals surface area (Å²) in [6.07, 6.45) is 0. The molecule has 1 heterocycles. The quantitative estimate of drug-likeness (QED) is 0.854. The maximum Gasteiger partial charge on any atom is 0.0961 e. The van der Waals surface area contributed by atoms with Crippen molar-refractivity contribution in [1.29, 1.82) is 0 Å². The van der Waals surface area contributed by atoms with E-state index >= 15 is 0 Å². The lowest BCUT2D eigenvalue weighted by molar-refractivity contribution is 0.703. The van der Waals surface area contributed by atoms with Gasteiger partial charge >= 0.3 is 0 Å². The van der Waals surface area contributed by atoms with Crippen molar-refractivity contribution < 1.29 is 0 Å². The fourth-order valence-electron chi connectivity index (χ4n) is 1.75. The van der Waals surface area contributed by atoms with E-state index in [9.17, 15) is 0 Å². The summed E-state index contributed by atoms with van der Waals surface area (Å²) < 4.78 is 1.97. The van der Waals surface area contributed by atoms with Crippen molar-refractivity contribution in [1.82, 2.24) is 5.32 Å². The Labute approximate surface area is 119 Å². The Hall–Kier alpha value is -0.350. The number of thiophene rings is 1. The summed E-state index contributed by atoms with van der Waals surface area (Å²) in [4.78, 5) is 1.25. The van der Waals surface area contributed by atoms with Gasteiger partial charge in [-0.2, -0.15) is 0 Å². The molecule has 1 N–H and O–H groups in total. The molecule has 0 aliphatic rings. The molecule has 0 bridgehead atoms. The lowest BCUT2D eigenvalue weighted by Gasteiger charge is -2.14. The fraction of sp³-hybridized carbons (Fsp3) is 0.231. The van der Waals surface area contributed by atoms with E-state index in [-0.39, 0.29) is 6.04 Å². The molecule has 0 saturated heterocycles. The van der Waals surface area contributed by atoms with Gasteiger partial charge in [0.15, 0.2) is 0 Å². The van der Waals surface area contributed by atoms with Gasteiger partial charge in [0.1, 0.15) is 0 Å². The summed E-state index contributed by atoms with van der Waals surface area (Å²) in [7, 11) is 1.97. The van der Waals surface area contributed by atoms with E-state index in [0.717, 1.165) is 14.4 Å². The van der Waals surface area contributed by atoms with Crippen LogP contribution in [0.25, 0.3) is 0 Å². The lowest BCUT2D eigenvalue weighted by atomic mass is 10.1. The van der Waals surface area contributed by atoms with E-state index in [0.29, 0.717) is 0 Å². The minimum Gasteiger partial charge on any atom is -0.309 e. The van der Waals surface area contributed by atoms with Crippen LogP contribution in [-0.2, 0) is 0 Å². The number of benzene rings is 1. The largest absolute Gasteiger partial charge is 0.309 e. The van der Waals surface area contributed by atoms with Crippen LogP contribution in [0.5, 0.6) is 0 Å². The molecule has 1 aromatic heterocycles. The second kappa shape index (κ2) is 5.53. The van der Waals surface area contributed by atoms with Gasteiger partial charge in [-0.3, -0.25) is 0 Å². The van der Waals surface area contributed by atoms with Gasteiger partial charge in [0.25, 0.3) is 0 Å². The molecule has 0 radical (unpaired) electrons. The van der Waals surface area contributed by atoms with Crippen molar-refractivity contribution in [3.05, 3.63) is 55.1 Å². The Balaban J connectivity index is 2.36. The summed E-state index contributed by atoms with van der Waals surface area (Å²) in [5.74, 6) is 0. The van der Waals surface area contributed by atoms with E-state index in [4.69, 9.17) is 11.6 Å². The van der Waals surface area contributed by atoms with Gasteiger partial charge < -0.3 is 5.32 Å². The average molecular weight is 331 g/mol. The molecular weight excluding hydrogens is 318 g/mol. The van der Waals surface area contributed by atoms with Crippen LogP contribution in [0.4, 0.5) is 0 Å². The molecule has 0 saturated carbocycles. The van der Waals surface area contributed by atoms with Crippen LogP contribution in [0, 0.1) is 6.92 Å². The molecule has 1 nitrogen and oxygen atoms in total. The van der Waals surface area contributed by atoms with Gasteiger partial charge in [-0.05, 0) is 43.3 Å². The first kappa shape index (κ1) is 13.1. The normalized spacial score (nSPS) is 12.7. The van der Waals surface area contributed by atoms with Gasteiger partial charge in [-0.25, -0.2) is 0 Å². The molecule has 90 valence electrons. The fourth-order valence-corrected chi connectivity index (χ4v) is 3.37. The Bertz CT molecular complexity index is 487. The van der Waals surface area contributed by atoms with Crippen LogP contribution in [-0.4, -0.2) is 7.05 Å². The van der Waals surface area contributed by atoms with E-state index < -0.39 is 0 Å². The van der Waals surface area contributed by atoms with Crippen LogP contribution < -0.4 is 5.32 Å². The molecule has 1 unspecified atom stereocenters. The number of nitrogens with one attached hydrogen (secondary N) is 1. The van der Waals surface area contributed by atoms with Crippen LogP contribution in [0.1, 0.15) is 22.0 Å². The van der Waals surface area contributed by atoms with Crippen molar-refractivity contribution in [2.24, 2.45) is 0 Å².